The minimum Gasteiger partial charge on any atom is -0.480 e. The number of benzene rings is 2. The number of fused-ring (bicyclic) bond motifs is 1. The Bertz CT molecular complexity index is 955. The van der Waals surface area contributed by atoms with Gasteiger partial charge in [-0.1, -0.05) is 36.4 Å². The second-order valence-corrected chi connectivity index (χ2v) is 6.41. The van der Waals surface area contributed by atoms with E-state index in [2.05, 4.69) is 10.6 Å². The van der Waals surface area contributed by atoms with Crippen LogP contribution in [0.5, 0.6) is 11.5 Å². The number of aliphatic carboxylic acids is 1. The average molecular weight is 396 g/mol. The molecule has 1 aliphatic heterocycles. The molecule has 0 saturated heterocycles. The average Bonchev–Trinajstić information content (AvgIpc) is 3.15. The predicted molar refractivity (Wildman–Crippen MR) is 104 cm³/mol. The topological polar surface area (TPSA) is 114 Å². The highest BCUT2D eigenvalue weighted by molar-refractivity contribution is 6.02. The van der Waals surface area contributed by atoms with Gasteiger partial charge in [0.15, 0.2) is 11.5 Å². The molecule has 1 atom stereocenters. The summed E-state index contributed by atoms with van der Waals surface area (Å²) in [4.78, 5) is 35.9. The smallest absolute Gasteiger partial charge is 0.326 e. The van der Waals surface area contributed by atoms with Gasteiger partial charge in [-0.3, -0.25) is 9.59 Å². The molecule has 3 N–H and O–H groups in total. The third kappa shape index (κ3) is 5.35. The standard InChI is InChI=1S/C21H20N2O6/c1-13(24)22-16(10-15-7-8-18-19(11-15)29-12-28-18)20(25)23-17(21(26)27)9-14-5-3-2-4-6-14/h2-8,10-11,17H,9,12H2,1H3,(H,22,24)(H,23,25)(H,26,27)/b16-10+/t17-/m1/s1. The number of nitrogens with one attached hydrogen (secondary N) is 2. The van der Waals surface area contributed by atoms with Gasteiger partial charge in [0.2, 0.25) is 12.7 Å². The zero-order valence-corrected chi connectivity index (χ0v) is 15.7. The molecule has 1 heterocycles. The van der Waals surface area contributed by atoms with Crippen LogP contribution >= 0.6 is 0 Å². The monoisotopic (exact) mass is 396 g/mol. The van der Waals surface area contributed by atoms with Crippen LogP contribution < -0.4 is 20.1 Å². The van der Waals surface area contributed by atoms with Gasteiger partial charge >= 0.3 is 5.97 Å². The van der Waals surface area contributed by atoms with E-state index in [1.54, 1.807) is 42.5 Å². The summed E-state index contributed by atoms with van der Waals surface area (Å²) in [6.45, 7) is 1.38. The molecule has 0 aliphatic carbocycles. The lowest BCUT2D eigenvalue weighted by Gasteiger charge is -2.16. The highest BCUT2D eigenvalue weighted by atomic mass is 16.7. The number of carbonyl (C=O) groups is 3. The van der Waals surface area contributed by atoms with Crippen molar-refractivity contribution in [1.29, 1.82) is 0 Å². The number of carboxylic acids is 1. The van der Waals surface area contributed by atoms with E-state index in [1.165, 1.54) is 13.0 Å². The number of hydrogen-bond acceptors (Lipinski definition) is 5. The van der Waals surface area contributed by atoms with Crippen molar-refractivity contribution in [3.63, 3.8) is 0 Å². The molecule has 0 saturated carbocycles. The molecular weight excluding hydrogens is 376 g/mol. The number of amides is 2. The normalized spacial score (nSPS) is 13.5. The maximum atomic E-state index is 12.7. The van der Waals surface area contributed by atoms with Crippen LogP contribution in [0.15, 0.2) is 54.2 Å². The number of hydrogen-bond donors (Lipinski definition) is 3. The van der Waals surface area contributed by atoms with Crippen molar-refractivity contribution < 1.29 is 29.0 Å². The molecule has 0 radical (unpaired) electrons. The SMILES string of the molecule is CC(=O)N/C(=C/c1ccc2c(c1)OCO2)C(=O)N[C@H](Cc1ccccc1)C(=O)O. The Morgan fingerprint density at radius 3 is 2.52 bits per heavy atom. The predicted octanol–water partition coefficient (Wildman–Crippen LogP) is 1.70. The van der Waals surface area contributed by atoms with E-state index in [-0.39, 0.29) is 18.9 Å². The molecule has 0 fully saturated rings. The zero-order valence-electron chi connectivity index (χ0n) is 15.7. The third-order valence-corrected chi connectivity index (χ3v) is 4.15. The van der Waals surface area contributed by atoms with Gasteiger partial charge in [-0.25, -0.2) is 4.79 Å². The fourth-order valence-corrected chi connectivity index (χ4v) is 2.80. The van der Waals surface area contributed by atoms with Gasteiger partial charge in [-0.05, 0) is 29.3 Å². The summed E-state index contributed by atoms with van der Waals surface area (Å²) in [5.74, 6) is -1.23. The Kier molecular flexibility index (Phi) is 6.13. The second kappa shape index (κ2) is 8.92. The molecule has 0 bridgehead atoms. The Morgan fingerprint density at radius 2 is 1.83 bits per heavy atom. The summed E-state index contributed by atoms with van der Waals surface area (Å²) in [7, 11) is 0. The first-order valence-electron chi connectivity index (χ1n) is 8.89. The molecule has 29 heavy (non-hydrogen) atoms. The molecule has 0 unspecified atom stereocenters. The summed E-state index contributed by atoms with van der Waals surface area (Å²) < 4.78 is 10.6. The van der Waals surface area contributed by atoms with Gasteiger partial charge < -0.3 is 25.2 Å². The quantitative estimate of drug-likeness (QED) is 0.614. The molecular formula is C21H20N2O6. The summed E-state index contributed by atoms with van der Waals surface area (Å²) in [6, 6.07) is 12.8. The van der Waals surface area contributed by atoms with Crippen LogP contribution in [0.25, 0.3) is 6.08 Å². The van der Waals surface area contributed by atoms with E-state index < -0.39 is 23.8 Å². The lowest BCUT2D eigenvalue weighted by Crippen LogP contribution is -2.45. The molecule has 2 amide bonds. The Balaban J connectivity index is 1.80. The van der Waals surface area contributed by atoms with Gasteiger partial charge in [-0.15, -0.1) is 0 Å². The zero-order chi connectivity index (χ0) is 20.8. The van der Waals surface area contributed by atoms with Crippen LogP contribution in [0.2, 0.25) is 0 Å². The number of carbonyl (C=O) groups excluding carboxylic acids is 2. The van der Waals surface area contributed by atoms with Crippen molar-refractivity contribution in [1.82, 2.24) is 10.6 Å². The molecule has 8 heteroatoms. The van der Waals surface area contributed by atoms with E-state index in [0.29, 0.717) is 17.1 Å². The maximum absolute atomic E-state index is 12.7. The van der Waals surface area contributed by atoms with Crippen molar-refractivity contribution >= 4 is 23.9 Å². The van der Waals surface area contributed by atoms with Crippen molar-refractivity contribution in [3.8, 4) is 11.5 Å². The van der Waals surface area contributed by atoms with Gasteiger partial charge in [0.1, 0.15) is 11.7 Å². The summed E-state index contributed by atoms with van der Waals surface area (Å²) >= 11 is 0. The molecule has 150 valence electrons. The Hall–Kier alpha value is -3.81. The molecule has 2 aromatic rings. The molecule has 0 spiro atoms. The first kappa shape index (κ1) is 19.9. The van der Waals surface area contributed by atoms with E-state index in [4.69, 9.17) is 9.47 Å². The van der Waals surface area contributed by atoms with Crippen LogP contribution in [0, 0.1) is 0 Å². The first-order chi connectivity index (χ1) is 13.9. The number of rotatable bonds is 7. The summed E-state index contributed by atoms with van der Waals surface area (Å²) in [5.41, 5.74) is 1.28. The van der Waals surface area contributed by atoms with Gasteiger partial charge in [0.25, 0.3) is 5.91 Å². The van der Waals surface area contributed by atoms with Gasteiger partial charge in [-0.2, -0.15) is 0 Å². The highest BCUT2D eigenvalue weighted by Crippen LogP contribution is 2.33. The maximum Gasteiger partial charge on any atom is 0.326 e. The minimum absolute atomic E-state index is 0.0734. The van der Waals surface area contributed by atoms with Crippen molar-refractivity contribution in [2.24, 2.45) is 0 Å². The molecule has 0 aromatic heterocycles. The molecule has 1 aliphatic rings. The lowest BCUT2D eigenvalue weighted by molar-refractivity contribution is -0.141. The van der Waals surface area contributed by atoms with Crippen LogP contribution in [0.1, 0.15) is 18.1 Å². The molecule has 2 aromatic carbocycles. The Labute approximate surface area is 167 Å². The summed E-state index contributed by atoms with van der Waals surface area (Å²) in [5, 5.41) is 14.4. The Morgan fingerprint density at radius 1 is 1.10 bits per heavy atom. The first-order valence-corrected chi connectivity index (χ1v) is 8.89. The van der Waals surface area contributed by atoms with Crippen molar-refractivity contribution in [2.75, 3.05) is 6.79 Å². The van der Waals surface area contributed by atoms with E-state index in [0.717, 1.165) is 5.56 Å². The van der Waals surface area contributed by atoms with Crippen molar-refractivity contribution in [2.45, 2.75) is 19.4 Å². The van der Waals surface area contributed by atoms with E-state index in [9.17, 15) is 19.5 Å². The third-order valence-electron chi connectivity index (χ3n) is 4.15. The van der Waals surface area contributed by atoms with E-state index in [1.807, 2.05) is 6.07 Å². The van der Waals surface area contributed by atoms with Crippen LogP contribution in [-0.2, 0) is 20.8 Å². The number of ether oxygens (including phenoxy) is 2. The van der Waals surface area contributed by atoms with E-state index >= 15 is 0 Å². The number of carboxylic acid groups (broad SMARTS) is 1. The highest BCUT2D eigenvalue weighted by Gasteiger charge is 2.23. The molecule has 3 rings (SSSR count). The van der Waals surface area contributed by atoms with Crippen molar-refractivity contribution in [3.05, 3.63) is 65.4 Å². The van der Waals surface area contributed by atoms with Gasteiger partial charge in [0.05, 0.1) is 0 Å². The van der Waals surface area contributed by atoms with Crippen LogP contribution in [-0.4, -0.2) is 35.7 Å². The fraction of sp³-hybridized carbons (Fsp3) is 0.190. The fourth-order valence-electron chi connectivity index (χ4n) is 2.80. The second-order valence-electron chi connectivity index (χ2n) is 6.41. The molecule has 8 nitrogen and oxygen atoms in total. The van der Waals surface area contributed by atoms with Crippen LogP contribution in [0.3, 0.4) is 0 Å². The van der Waals surface area contributed by atoms with Gasteiger partial charge in [0, 0.05) is 13.3 Å². The minimum atomic E-state index is -1.17. The van der Waals surface area contributed by atoms with Crippen LogP contribution in [0.4, 0.5) is 0 Å². The lowest BCUT2D eigenvalue weighted by atomic mass is 10.1. The summed E-state index contributed by atoms with van der Waals surface area (Å²) in [6.07, 6.45) is 1.55. The largest absolute Gasteiger partial charge is 0.480 e.